The zero-order valence-corrected chi connectivity index (χ0v) is 13.5. The number of carbonyl (C=O) groups is 1. The maximum absolute atomic E-state index is 11.8. The van der Waals surface area contributed by atoms with Crippen LogP contribution in [0.4, 0.5) is 0 Å². The van der Waals surface area contributed by atoms with Crippen LogP contribution in [0.15, 0.2) is 48.5 Å². The average Bonchev–Trinajstić information content (AvgIpc) is 2.64. The fourth-order valence-electron chi connectivity index (χ4n) is 2.04. The summed E-state index contributed by atoms with van der Waals surface area (Å²) >= 11 is 0. The molecule has 0 saturated carbocycles. The third kappa shape index (κ3) is 4.62. The fraction of sp³-hybridized carbons (Fsp3) is 0.158. The lowest BCUT2D eigenvalue weighted by Gasteiger charge is -2.06. The van der Waals surface area contributed by atoms with Gasteiger partial charge in [0.25, 0.3) is 0 Å². The highest BCUT2D eigenvalue weighted by atomic mass is 16.5. The van der Waals surface area contributed by atoms with Crippen LogP contribution in [0, 0.1) is 11.3 Å². The smallest absolute Gasteiger partial charge is 0.331 e. The highest BCUT2D eigenvalue weighted by Crippen LogP contribution is 2.23. The minimum atomic E-state index is -0.496. The third-order valence-corrected chi connectivity index (χ3v) is 3.29. The van der Waals surface area contributed by atoms with E-state index in [0.29, 0.717) is 22.6 Å². The van der Waals surface area contributed by atoms with Crippen molar-refractivity contribution in [2.24, 2.45) is 0 Å². The van der Waals surface area contributed by atoms with Gasteiger partial charge in [0, 0.05) is 17.7 Å². The molecule has 0 fully saturated rings. The van der Waals surface area contributed by atoms with Gasteiger partial charge in [-0.25, -0.2) is 4.79 Å². The van der Waals surface area contributed by atoms with Crippen LogP contribution in [0.3, 0.4) is 0 Å². The van der Waals surface area contributed by atoms with E-state index in [2.05, 4.69) is 6.07 Å². The molecule has 2 aromatic rings. The molecular formula is C19H17NO4. The van der Waals surface area contributed by atoms with Crippen molar-refractivity contribution in [3.63, 3.8) is 0 Å². The van der Waals surface area contributed by atoms with Crippen molar-refractivity contribution < 1.29 is 19.0 Å². The van der Waals surface area contributed by atoms with Gasteiger partial charge in [-0.15, -0.1) is 0 Å². The maximum atomic E-state index is 11.8. The van der Waals surface area contributed by atoms with Gasteiger partial charge in [-0.2, -0.15) is 5.26 Å². The normalized spacial score (nSPS) is 10.2. The highest BCUT2D eigenvalue weighted by Gasteiger charge is 2.04. The van der Waals surface area contributed by atoms with E-state index in [0.717, 1.165) is 5.56 Å². The average molecular weight is 323 g/mol. The number of nitrogens with zero attached hydrogens (tertiary/aromatic N) is 1. The number of methoxy groups -OCH3 is 2. The molecule has 0 unspecified atom stereocenters. The molecule has 2 rings (SSSR count). The van der Waals surface area contributed by atoms with Crippen LogP contribution in [0.5, 0.6) is 11.5 Å². The number of hydrogen-bond donors (Lipinski definition) is 0. The molecule has 0 spiro atoms. The minimum Gasteiger partial charge on any atom is -0.497 e. The van der Waals surface area contributed by atoms with Gasteiger partial charge in [-0.1, -0.05) is 18.2 Å². The first-order valence-corrected chi connectivity index (χ1v) is 7.22. The van der Waals surface area contributed by atoms with Crippen LogP contribution >= 0.6 is 0 Å². The van der Waals surface area contributed by atoms with Gasteiger partial charge in [0.2, 0.25) is 0 Å². The molecule has 0 N–H and O–H groups in total. The van der Waals surface area contributed by atoms with E-state index in [1.807, 2.05) is 0 Å². The molecule has 5 nitrogen and oxygen atoms in total. The van der Waals surface area contributed by atoms with Crippen LogP contribution in [-0.2, 0) is 16.1 Å². The second-order valence-electron chi connectivity index (χ2n) is 4.86. The van der Waals surface area contributed by atoms with Crippen molar-refractivity contribution in [1.82, 2.24) is 0 Å². The van der Waals surface area contributed by atoms with Gasteiger partial charge in [0.15, 0.2) is 0 Å². The summed E-state index contributed by atoms with van der Waals surface area (Å²) in [5, 5.41) is 9.01. The second-order valence-corrected chi connectivity index (χ2v) is 4.86. The Bertz CT molecular complexity index is 768. The number of benzene rings is 2. The molecule has 2 aromatic carbocycles. The van der Waals surface area contributed by atoms with Crippen LogP contribution in [0.25, 0.3) is 6.08 Å². The Labute approximate surface area is 140 Å². The summed E-state index contributed by atoms with van der Waals surface area (Å²) in [7, 11) is 3.12. The van der Waals surface area contributed by atoms with E-state index in [1.165, 1.54) is 6.08 Å². The van der Waals surface area contributed by atoms with Crippen LogP contribution in [0.2, 0.25) is 0 Å². The zero-order chi connectivity index (χ0) is 17.4. The summed E-state index contributed by atoms with van der Waals surface area (Å²) in [6, 6.07) is 14.4. The van der Waals surface area contributed by atoms with Gasteiger partial charge in [0.05, 0.1) is 25.9 Å². The molecule has 0 aliphatic carbocycles. The van der Waals surface area contributed by atoms with Crippen molar-refractivity contribution >= 4 is 12.0 Å². The summed E-state index contributed by atoms with van der Waals surface area (Å²) in [6.45, 7) is 0.0499. The van der Waals surface area contributed by atoms with Gasteiger partial charge >= 0.3 is 5.97 Å². The monoisotopic (exact) mass is 323 g/mol. The van der Waals surface area contributed by atoms with Crippen molar-refractivity contribution in [2.45, 2.75) is 6.61 Å². The fourth-order valence-corrected chi connectivity index (χ4v) is 2.04. The van der Waals surface area contributed by atoms with Crippen LogP contribution in [-0.4, -0.2) is 20.2 Å². The summed E-state index contributed by atoms with van der Waals surface area (Å²) in [5.74, 6) is 0.764. The predicted molar refractivity (Wildman–Crippen MR) is 89.5 cm³/mol. The van der Waals surface area contributed by atoms with Crippen molar-refractivity contribution in [1.29, 1.82) is 5.26 Å². The van der Waals surface area contributed by atoms with E-state index in [9.17, 15) is 4.79 Å². The largest absolute Gasteiger partial charge is 0.497 e. The number of ether oxygens (including phenoxy) is 3. The van der Waals surface area contributed by atoms with E-state index in [4.69, 9.17) is 19.5 Å². The molecule has 122 valence electrons. The first kappa shape index (κ1) is 17.1. The quantitative estimate of drug-likeness (QED) is 0.602. The van der Waals surface area contributed by atoms with Gasteiger partial charge in [0.1, 0.15) is 18.1 Å². The Morgan fingerprint density at radius 2 is 1.79 bits per heavy atom. The minimum absolute atomic E-state index is 0.0499. The van der Waals surface area contributed by atoms with E-state index < -0.39 is 5.97 Å². The molecule has 0 radical (unpaired) electrons. The van der Waals surface area contributed by atoms with Crippen molar-refractivity contribution in [3.05, 3.63) is 65.2 Å². The molecule has 0 amide bonds. The summed E-state index contributed by atoms with van der Waals surface area (Å²) in [6.07, 6.45) is 2.94. The summed E-state index contributed by atoms with van der Waals surface area (Å²) in [4.78, 5) is 11.8. The first-order chi connectivity index (χ1) is 11.7. The predicted octanol–water partition coefficient (Wildman–Crippen LogP) is 3.33. The van der Waals surface area contributed by atoms with E-state index >= 15 is 0 Å². The SMILES string of the molecule is COc1cc(/C=C/C(=O)OCc2ccccc2C#N)cc(OC)c1. The van der Waals surface area contributed by atoms with Crippen molar-refractivity contribution in [2.75, 3.05) is 14.2 Å². The molecule has 0 saturated heterocycles. The lowest BCUT2D eigenvalue weighted by molar-refractivity contribution is -0.138. The molecule has 0 heterocycles. The number of hydrogen-bond acceptors (Lipinski definition) is 5. The number of carbonyl (C=O) groups excluding carboxylic acids is 1. The van der Waals surface area contributed by atoms with Gasteiger partial charge in [-0.3, -0.25) is 0 Å². The standard InChI is InChI=1S/C19H17NO4/c1-22-17-9-14(10-18(11-17)23-2)7-8-19(21)24-13-16-6-4-3-5-15(16)12-20/h3-11H,13H2,1-2H3/b8-7+. The molecule has 24 heavy (non-hydrogen) atoms. The Hall–Kier alpha value is -3.26. The zero-order valence-electron chi connectivity index (χ0n) is 13.5. The number of esters is 1. The summed E-state index contributed by atoms with van der Waals surface area (Å²) in [5.41, 5.74) is 1.91. The Morgan fingerprint density at radius 1 is 1.12 bits per heavy atom. The van der Waals surface area contributed by atoms with Crippen LogP contribution in [0.1, 0.15) is 16.7 Å². The first-order valence-electron chi connectivity index (χ1n) is 7.22. The highest BCUT2D eigenvalue weighted by molar-refractivity contribution is 5.87. The van der Waals surface area contributed by atoms with Gasteiger partial charge < -0.3 is 14.2 Å². The van der Waals surface area contributed by atoms with Crippen LogP contribution < -0.4 is 9.47 Å². The van der Waals surface area contributed by atoms with Gasteiger partial charge in [-0.05, 0) is 29.8 Å². The van der Waals surface area contributed by atoms with E-state index in [1.54, 1.807) is 62.8 Å². The Morgan fingerprint density at radius 3 is 2.42 bits per heavy atom. The van der Waals surface area contributed by atoms with E-state index in [-0.39, 0.29) is 6.61 Å². The number of rotatable bonds is 6. The second kappa shape index (κ2) is 8.39. The topological polar surface area (TPSA) is 68.5 Å². The number of nitriles is 1. The third-order valence-electron chi connectivity index (χ3n) is 3.29. The molecule has 0 bridgehead atoms. The lowest BCUT2D eigenvalue weighted by atomic mass is 10.1. The Kier molecular flexibility index (Phi) is 5.98. The maximum Gasteiger partial charge on any atom is 0.331 e. The Balaban J connectivity index is 2.02. The lowest BCUT2D eigenvalue weighted by Crippen LogP contribution is -2.02. The molecule has 0 aliphatic rings. The molecule has 0 atom stereocenters. The molecule has 0 aliphatic heterocycles. The molecule has 5 heteroatoms. The van der Waals surface area contributed by atoms with Crippen molar-refractivity contribution in [3.8, 4) is 17.6 Å². The molecule has 0 aromatic heterocycles. The molecular weight excluding hydrogens is 306 g/mol. The summed E-state index contributed by atoms with van der Waals surface area (Å²) < 4.78 is 15.5.